The Labute approximate surface area is 66.1 Å². The third kappa shape index (κ3) is 3.02. The Hall–Kier alpha value is -1.06. The van der Waals surface area contributed by atoms with E-state index in [2.05, 4.69) is 5.32 Å². The average Bonchev–Trinajstić information content (AvgIpc) is 1.86. The molecule has 0 spiro atoms. The van der Waals surface area contributed by atoms with Crippen LogP contribution in [0.1, 0.15) is 13.8 Å². The lowest BCUT2D eigenvalue weighted by molar-refractivity contribution is -0.128. The average molecular weight is 157 g/mol. The van der Waals surface area contributed by atoms with Gasteiger partial charge < -0.3 is 11.1 Å². The molecule has 0 bridgehead atoms. The Kier molecular flexibility index (Phi) is 3.04. The molecule has 0 aromatic rings. The van der Waals surface area contributed by atoms with Gasteiger partial charge in [0.05, 0.1) is 11.8 Å². The van der Waals surface area contributed by atoms with Crippen molar-refractivity contribution in [2.45, 2.75) is 13.8 Å². The maximum Gasteiger partial charge on any atom is 0.224 e. The van der Waals surface area contributed by atoms with Crippen molar-refractivity contribution in [1.29, 1.82) is 0 Å². The van der Waals surface area contributed by atoms with Crippen molar-refractivity contribution in [2.75, 3.05) is 7.05 Å². The molecule has 0 aliphatic carbocycles. The number of nitrogens with two attached hydrogens (primary N) is 1. The van der Waals surface area contributed by atoms with E-state index >= 15 is 0 Å². The number of carbonyl (C=O) groups is 2. The molecule has 3 N–H and O–H groups in total. The minimum Gasteiger partial charge on any atom is -0.369 e. The lowest BCUT2D eigenvalue weighted by Gasteiger charge is -2.17. The van der Waals surface area contributed by atoms with Crippen molar-refractivity contribution in [3.8, 4) is 0 Å². The van der Waals surface area contributed by atoms with Gasteiger partial charge in [0.1, 0.15) is 0 Å². The van der Waals surface area contributed by atoms with Crippen LogP contribution in [0.2, 0.25) is 0 Å². The second-order valence-corrected chi connectivity index (χ2v) is 2.84. The van der Waals surface area contributed by atoms with Crippen LogP contribution >= 0.6 is 0 Å². The van der Waals surface area contributed by atoms with Crippen LogP contribution in [0.15, 0.2) is 0 Å². The van der Waals surface area contributed by atoms with Crippen molar-refractivity contribution in [1.82, 2.24) is 5.32 Å². The largest absolute Gasteiger partial charge is 0.369 e. The standard InChI is InChI=1S/C7H13N2O2/c1-7(2,6(8)11)4-5(10)9-3/h4H,1-3H3,(H2,8,11)(H,9,10). The summed E-state index contributed by atoms with van der Waals surface area (Å²) in [5, 5.41) is 2.37. The summed E-state index contributed by atoms with van der Waals surface area (Å²) in [4.78, 5) is 21.4. The Morgan fingerprint density at radius 1 is 1.45 bits per heavy atom. The van der Waals surface area contributed by atoms with Crippen LogP contribution in [0.25, 0.3) is 0 Å². The van der Waals surface area contributed by atoms with Gasteiger partial charge in [-0.05, 0) is 0 Å². The number of carbonyl (C=O) groups excluding carboxylic acids is 2. The maximum atomic E-state index is 10.8. The van der Waals surface area contributed by atoms with E-state index in [-0.39, 0.29) is 5.91 Å². The second-order valence-electron chi connectivity index (χ2n) is 2.84. The maximum absolute atomic E-state index is 10.8. The molecule has 0 fully saturated rings. The smallest absolute Gasteiger partial charge is 0.224 e. The Bertz CT molecular complexity index is 175. The van der Waals surface area contributed by atoms with Gasteiger partial charge in [-0.3, -0.25) is 9.59 Å². The first-order chi connectivity index (χ1) is 4.90. The molecule has 4 heteroatoms. The summed E-state index contributed by atoms with van der Waals surface area (Å²) in [5.41, 5.74) is 4.15. The van der Waals surface area contributed by atoms with E-state index in [0.29, 0.717) is 0 Å². The van der Waals surface area contributed by atoms with Gasteiger partial charge in [-0.2, -0.15) is 0 Å². The molecule has 4 nitrogen and oxygen atoms in total. The van der Waals surface area contributed by atoms with Gasteiger partial charge in [-0.25, -0.2) is 0 Å². The molecule has 2 amide bonds. The first-order valence-electron chi connectivity index (χ1n) is 3.27. The van der Waals surface area contributed by atoms with Crippen molar-refractivity contribution in [3.05, 3.63) is 6.42 Å². The molecule has 0 aromatic carbocycles. The van der Waals surface area contributed by atoms with Crippen LogP contribution in [0.4, 0.5) is 0 Å². The van der Waals surface area contributed by atoms with E-state index in [1.54, 1.807) is 13.8 Å². The summed E-state index contributed by atoms with van der Waals surface area (Å²) in [7, 11) is 1.50. The number of primary amides is 1. The molecule has 0 rings (SSSR count). The van der Waals surface area contributed by atoms with Gasteiger partial charge in [0.25, 0.3) is 0 Å². The summed E-state index contributed by atoms with van der Waals surface area (Å²) >= 11 is 0. The molecule has 0 atom stereocenters. The Balaban J connectivity index is 4.12. The monoisotopic (exact) mass is 157 g/mol. The molecule has 0 heterocycles. The van der Waals surface area contributed by atoms with Gasteiger partial charge in [-0.1, -0.05) is 13.8 Å². The van der Waals surface area contributed by atoms with Gasteiger partial charge in [0.2, 0.25) is 11.8 Å². The topological polar surface area (TPSA) is 72.2 Å². The molecule has 0 aliphatic heterocycles. The van der Waals surface area contributed by atoms with E-state index in [4.69, 9.17) is 5.73 Å². The van der Waals surface area contributed by atoms with Crippen LogP contribution in [-0.2, 0) is 9.59 Å². The van der Waals surface area contributed by atoms with Crippen molar-refractivity contribution >= 4 is 11.8 Å². The minimum atomic E-state index is -0.875. The fraction of sp³-hybridized carbons (Fsp3) is 0.571. The Morgan fingerprint density at radius 2 is 1.91 bits per heavy atom. The predicted molar refractivity (Wildman–Crippen MR) is 41.3 cm³/mol. The molecule has 0 aliphatic rings. The van der Waals surface area contributed by atoms with E-state index in [9.17, 15) is 9.59 Å². The SMILES string of the molecule is CNC(=O)[CH]C(C)(C)C(N)=O. The van der Waals surface area contributed by atoms with Crippen LogP contribution in [0.5, 0.6) is 0 Å². The molecule has 63 valence electrons. The first kappa shape index (κ1) is 9.94. The normalized spacial score (nSPS) is 10.8. The highest BCUT2D eigenvalue weighted by atomic mass is 16.2. The summed E-state index contributed by atoms with van der Waals surface area (Å²) < 4.78 is 0. The van der Waals surface area contributed by atoms with E-state index in [1.165, 1.54) is 13.5 Å². The van der Waals surface area contributed by atoms with E-state index in [0.717, 1.165) is 0 Å². The van der Waals surface area contributed by atoms with Gasteiger partial charge >= 0.3 is 0 Å². The van der Waals surface area contributed by atoms with E-state index < -0.39 is 11.3 Å². The molecule has 11 heavy (non-hydrogen) atoms. The minimum absolute atomic E-state index is 0.297. The van der Waals surface area contributed by atoms with Crippen molar-refractivity contribution in [2.24, 2.45) is 11.1 Å². The summed E-state index contributed by atoms with van der Waals surface area (Å²) in [6.07, 6.45) is 1.26. The van der Waals surface area contributed by atoms with Crippen molar-refractivity contribution in [3.63, 3.8) is 0 Å². The third-order valence-electron chi connectivity index (χ3n) is 1.37. The highest BCUT2D eigenvalue weighted by Gasteiger charge is 2.27. The fourth-order valence-electron chi connectivity index (χ4n) is 0.471. The van der Waals surface area contributed by atoms with Gasteiger partial charge in [-0.15, -0.1) is 0 Å². The lowest BCUT2D eigenvalue weighted by Crippen LogP contribution is -2.37. The molecule has 0 saturated heterocycles. The highest BCUT2D eigenvalue weighted by molar-refractivity contribution is 5.93. The molecule has 0 unspecified atom stereocenters. The summed E-state index contributed by atoms with van der Waals surface area (Å²) in [5.74, 6) is -0.810. The molecule has 1 radical (unpaired) electrons. The molecular weight excluding hydrogens is 144 g/mol. The molecular formula is C7H13N2O2. The zero-order valence-corrected chi connectivity index (χ0v) is 6.97. The van der Waals surface area contributed by atoms with Gasteiger partial charge in [0, 0.05) is 7.05 Å². The zero-order valence-electron chi connectivity index (χ0n) is 6.97. The number of amides is 2. The highest BCUT2D eigenvalue weighted by Crippen LogP contribution is 2.17. The fourth-order valence-corrected chi connectivity index (χ4v) is 0.471. The van der Waals surface area contributed by atoms with Crippen LogP contribution in [0.3, 0.4) is 0 Å². The summed E-state index contributed by atoms with van der Waals surface area (Å²) in [6, 6.07) is 0. The van der Waals surface area contributed by atoms with E-state index in [1.807, 2.05) is 0 Å². The van der Waals surface area contributed by atoms with Crippen LogP contribution in [-0.4, -0.2) is 18.9 Å². The summed E-state index contributed by atoms with van der Waals surface area (Å²) in [6.45, 7) is 3.18. The first-order valence-corrected chi connectivity index (χ1v) is 3.27. The Morgan fingerprint density at radius 3 is 2.18 bits per heavy atom. The number of nitrogens with one attached hydrogen (secondary N) is 1. The predicted octanol–water partition coefficient (Wildman–Crippen LogP) is -0.552. The van der Waals surface area contributed by atoms with Gasteiger partial charge in [0.15, 0.2) is 0 Å². The molecule has 0 saturated carbocycles. The third-order valence-corrected chi connectivity index (χ3v) is 1.37. The van der Waals surface area contributed by atoms with Crippen molar-refractivity contribution < 1.29 is 9.59 Å². The molecule has 0 aromatic heterocycles. The number of rotatable bonds is 3. The van der Waals surface area contributed by atoms with Crippen LogP contribution in [0, 0.1) is 11.8 Å². The zero-order chi connectivity index (χ0) is 9.07. The lowest BCUT2D eigenvalue weighted by atomic mass is 9.88. The van der Waals surface area contributed by atoms with Crippen LogP contribution < -0.4 is 11.1 Å². The second kappa shape index (κ2) is 3.37. The number of hydrogen-bond acceptors (Lipinski definition) is 2. The number of hydrogen-bond donors (Lipinski definition) is 2. The quantitative estimate of drug-likeness (QED) is 0.577.